The van der Waals surface area contributed by atoms with E-state index < -0.39 is 0 Å². The summed E-state index contributed by atoms with van der Waals surface area (Å²) in [6.45, 7) is 1.10. The van der Waals surface area contributed by atoms with Gasteiger partial charge in [-0.1, -0.05) is 81.6 Å². The molecule has 0 aliphatic rings. The van der Waals surface area contributed by atoms with E-state index in [9.17, 15) is 9.59 Å². The van der Waals surface area contributed by atoms with Crippen molar-refractivity contribution in [2.24, 2.45) is 7.05 Å². The van der Waals surface area contributed by atoms with Crippen LogP contribution in [-0.4, -0.2) is 25.0 Å². The highest BCUT2D eigenvalue weighted by molar-refractivity contribution is 6.06. The Morgan fingerprint density at radius 3 is 2.17 bits per heavy atom. The molecule has 36 heavy (non-hydrogen) atoms. The fourth-order valence-corrected chi connectivity index (χ4v) is 3.66. The lowest BCUT2D eigenvalue weighted by Crippen LogP contribution is -2.28. The number of ketones is 1. The van der Waals surface area contributed by atoms with Gasteiger partial charge in [-0.25, -0.2) is 9.36 Å². The molecule has 0 fully saturated rings. The maximum Gasteiger partial charge on any atom is 0.344 e. The average Bonchev–Trinajstić information content (AvgIpc) is 2.89. The number of pyridine rings is 1. The van der Waals surface area contributed by atoms with Crippen LogP contribution in [0.2, 0.25) is 0 Å². The van der Waals surface area contributed by atoms with Crippen molar-refractivity contribution in [2.45, 2.75) is 46.0 Å². The van der Waals surface area contributed by atoms with Crippen molar-refractivity contribution < 1.29 is 23.6 Å². The number of allylic oxidation sites excluding steroid dienone is 1. The van der Waals surface area contributed by atoms with Crippen molar-refractivity contribution in [1.29, 1.82) is 0 Å². The molecule has 0 unspecified atom stereocenters. The van der Waals surface area contributed by atoms with Gasteiger partial charge in [0, 0.05) is 17.2 Å². The molecule has 0 radical (unpaired) electrons. The van der Waals surface area contributed by atoms with Crippen molar-refractivity contribution in [3.63, 3.8) is 0 Å². The van der Waals surface area contributed by atoms with Gasteiger partial charge in [-0.15, -0.1) is 0 Å². The molecule has 0 bridgehead atoms. The number of rotatable bonds is 14. The molecule has 1 aromatic heterocycles. The van der Waals surface area contributed by atoms with Crippen molar-refractivity contribution in [1.82, 2.24) is 0 Å². The zero-order valence-corrected chi connectivity index (χ0v) is 20.4. The standard InChI is InChI=1S/C30H34NO4.CH4/c1-31-21-13-17-27(24-31)30(33)35-23-12-5-3-2-4-11-22-34-29-18-10-9-16-26(29)19-20-28(32)25-14-7-6-8-15-25;/h6-10,13-21,24H,2-5,11-12,22-23H2,1H3;1H4/q+1;. The summed E-state index contributed by atoms with van der Waals surface area (Å²) in [6, 6.07) is 20.6. The Morgan fingerprint density at radius 1 is 0.778 bits per heavy atom. The molecule has 190 valence electrons. The van der Waals surface area contributed by atoms with Crippen LogP contribution < -0.4 is 9.30 Å². The lowest BCUT2D eigenvalue weighted by molar-refractivity contribution is -0.671. The Bertz CT molecular complexity index is 1110. The molecule has 0 saturated carbocycles. The molecule has 0 N–H and O–H groups in total. The highest BCUT2D eigenvalue weighted by atomic mass is 16.5. The van der Waals surface area contributed by atoms with Crippen LogP contribution in [0.3, 0.4) is 0 Å². The van der Waals surface area contributed by atoms with E-state index >= 15 is 0 Å². The number of aromatic nitrogens is 1. The van der Waals surface area contributed by atoms with E-state index in [4.69, 9.17) is 9.47 Å². The van der Waals surface area contributed by atoms with Gasteiger partial charge in [0.25, 0.3) is 0 Å². The van der Waals surface area contributed by atoms with Crippen LogP contribution in [0.4, 0.5) is 0 Å². The van der Waals surface area contributed by atoms with Gasteiger partial charge in [0.15, 0.2) is 18.2 Å². The molecule has 3 aromatic rings. The predicted molar refractivity (Wildman–Crippen MR) is 144 cm³/mol. The maximum absolute atomic E-state index is 12.3. The number of benzene rings is 2. The number of para-hydroxylation sites is 1. The third-order valence-electron chi connectivity index (χ3n) is 5.60. The summed E-state index contributed by atoms with van der Waals surface area (Å²) in [5.74, 6) is 0.501. The van der Waals surface area contributed by atoms with Gasteiger partial charge in [-0.05, 0) is 37.1 Å². The number of aryl methyl sites for hydroxylation is 1. The molecule has 2 aromatic carbocycles. The molecule has 0 amide bonds. The van der Waals surface area contributed by atoms with Crippen LogP contribution in [0.1, 0.15) is 72.2 Å². The van der Waals surface area contributed by atoms with Gasteiger partial charge in [0.1, 0.15) is 18.4 Å². The van der Waals surface area contributed by atoms with E-state index in [0.29, 0.717) is 24.3 Å². The molecule has 0 spiro atoms. The van der Waals surface area contributed by atoms with Gasteiger partial charge in [-0.2, -0.15) is 0 Å². The van der Waals surface area contributed by atoms with Crippen LogP contribution in [0, 0.1) is 0 Å². The number of ether oxygens (including phenoxy) is 2. The third kappa shape index (κ3) is 9.87. The van der Waals surface area contributed by atoms with Gasteiger partial charge >= 0.3 is 5.97 Å². The molecule has 3 rings (SSSR count). The highest BCUT2D eigenvalue weighted by Crippen LogP contribution is 2.20. The van der Waals surface area contributed by atoms with Gasteiger partial charge in [0.2, 0.25) is 0 Å². The summed E-state index contributed by atoms with van der Waals surface area (Å²) >= 11 is 0. The number of hydrogen-bond acceptors (Lipinski definition) is 4. The van der Waals surface area contributed by atoms with Gasteiger partial charge in [0.05, 0.1) is 13.2 Å². The SMILES string of the molecule is C.C[n+]1cccc(C(=O)OCCCCCCCCOc2ccccc2C=CC(=O)c2ccccc2)c1. The van der Waals surface area contributed by atoms with Crippen LogP contribution in [0.5, 0.6) is 5.75 Å². The topological polar surface area (TPSA) is 56.5 Å². The van der Waals surface area contributed by atoms with Crippen LogP contribution in [0.25, 0.3) is 6.08 Å². The third-order valence-corrected chi connectivity index (χ3v) is 5.60. The first kappa shape index (κ1) is 28.5. The van der Waals surface area contributed by atoms with Crippen LogP contribution >= 0.6 is 0 Å². The average molecular weight is 489 g/mol. The van der Waals surface area contributed by atoms with E-state index in [1.807, 2.05) is 84.6 Å². The minimum Gasteiger partial charge on any atom is -0.493 e. The molecule has 1 heterocycles. The molecule has 0 saturated heterocycles. The zero-order valence-electron chi connectivity index (χ0n) is 20.4. The molecule has 0 aliphatic carbocycles. The first-order valence-electron chi connectivity index (χ1n) is 12.3. The minimum atomic E-state index is -0.266. The normalized spacial score (nSPS) is 10.6. The van der Waals surface area contributed by atoms with Crippen molar-refractivity contribution in [3.05, 3.63) is 102 Å². The zero-order chi connectivity index (χ0) is 24.7. The summed E-state index contributed by atoms with van der Waals surface area (Å²) in [4.78, 5) is 24.3. The molecule has 5 nitrogen and oxygen atoms in total. The monoisotopic (exact) mass is 488 g/mol. The van der Waals surface area contributed by atoms with E-state index in [1.54, 1.807) is 18.3 Å². The fourth-order valence-electron chi connectivity index (χ4n) is 3.66. The Morgan fingerprint density at radius 2 is 1.42 bits per heavy atom. The first-order valence-corrected chi connectivity index (χ1v) is 12.3. The molecular weight excluding hydrogens is 450 g/mol. The highest BCUT2D eigenvalue weighted by Gasteiger charge is 2.10. The molecular formula is C31H38NO4+. The molecule has 0 aliphatic heterocycles. The Labute approximate surface area is 215 Å². The van der Waals surface area contributed by atoms with E-state index in [2.05, 4.69) is 0 Å². The van der Waals surface area contributed by atoms with E-state index in [-0.39, 0.29) is 19.2 Å². The second kappa shape index (κ2) is 16.0. The summed E-state index contributed by atoms with van der Waals surface area (Å²) < 4.78 is 13.2. The van der Waals surface area contributed by atoms with Gasteiger partial charge < -0.3 is 9.47 Å². The van der Waals surface area contributed by atoms with E-state index in [1.165, 1.54) is 0 Å². The summed E-state index contributed by atoms with van der Waals surface area (Å²) in [6.07, 6.45) is 13.3. The summed E-state index contributed by atoms with van der Waals surface area (Å²) in [7, 11) is 1.88. The second-order valence-electron chi connectivity index (χ2n) is 8.47. The largest absolute Gasteiger partial charge is 0.493 e. The lowest BCUT2D eigenvalue weighted by Gasteiger charge is -2.09. The Hall–Kier alpha value is -3.73. The van der Waals surface area contributed by atoms with E-state index in [0.717, 1.165) is 49.8 Å². The maximum atomic E-state index is 12.3. The number of carbonyl (C=O) groups excluding carboxylic acids is 2. The van der Waals surface area contributed by atoms with Crippen molar-refractivity contribution >= 4 is 17.8 Å². The number of unbranched alkanes of at least 4 members (excludes halogenated alkanes) is 5. The Kier molecular flexibility index (Phi) is 12.7. The first-order chi connectivity index (χ1) is 17.1. The fraction of sp³-hybridized carbons (Fsp3) is 0.323. The minimum absolute atomic E-state index is 0. The molecule has 5 heteroatoms. The number of carbonyl (C=O) groups is 2. The summed E-state index contributed by atoms with van der Waals surface area (Å²) in [5.41, 5.74) is 2.15. The quantitative estimate of drug-likeness (QED) is 0.0841. The van der Waals surface area contributed by atoms with Gasteiger partial charge in [-0.3, -0.25) is 4.79 Å². The number of nitrogens with zero attached hydrogens (tertiary/aromatic N) is 1. The second-order valence-corrected chi connectivity index (χ2v) is 8.47. The smallest absolute Gasteiger partial charge is 0.344 e. The molecule has 0 atom stereocenters. The van der Waals surface area contributed by atoms with Crippen molar-refractivity contribution in [2.75, 3.05) is 13.2 Å². The number of esters is 1. The summed E-state index contributed by atoms with van der Waals surface area (Å²) in [5, 5.41) is 0. The van der Waals surface area contributed by atoms with Crippen molar-refractivity contribution in [3.8, 4) is 5.75 Å². The number of hydrogen-bond donors (Lipinski definition) is 0. The Balaban J connectivity index is 0.00000456. The van der Waals surface area contributed by atoms with Crippen LogP contribution in [-0.2, 0) is 11.8 Å². The predicted octanol–water partition coefficient (Wildman–Crippen LogP) is 6.62. The van der Waals surface area contributed by atoms with Crippen LogP contribution in [0.15, 0.2) is 85.2 Å². The lowest BCUT2D eigenvalue weighted by atomic mass is 10.1.